The molecule has 1 N–H and O–H groups in total. The number of hydrogen-bond donors (Lipinski definition) is 1. The van der Waals surface area contributed by atoms with E-state index >= 15 is 0 Å². The fraction of sp³-hybridized carbons (Fsp3) is 0.308. The summed E-state index contributed by atoms with van der Waals surface area (Å²) >= 11 is 1.28. The Morgan fingerprint density at radius 1 is 1.38 bits per heavy atom. The van der Waals surface area contributed by atoms with Gasteiger partial charge in [0.2, 0.25) is 5.13 Å². The molecule has 112 valence electrons. The second-order valence-electron chi connectivity index (χ2n) is 4.16. The van der Waals surface area contributed by atoms with Crippen LogP contribution in [-0.2, 0) is 11.2 Å². The van der Waals surface area contributed by atoms with Crippen LogP contribution in [0.5, 0.6) is 5.75 Å². The number of carbonyl (C=O) groups excluding carboxylic acids is 1. The summed E-state index contributed by atoms with van der Waals surface area (Å²) in [6.07, 6.45) is 1.74. The Kier molecular flexibility index (Phi) is 5.15. The van der Waals surface area contributed by atoms with Gasteiger partial charge in [0.05, 0.1) is 0 Å². The van der Waals surface area contributed by atoms with E-state index < -0.39 is 24.1 Å². The largest absolute Gasteiger partial charge is 0.481 e. The van der Waals surface area contributed by atoms with Crippen molar-refractivity contribution in [2.45, 2.75) is 19.8 Å². The average molecular weight is 313 g/mol. The zero-order valence-electron chi connectivity index (χ0n) is 11.2. The lowest BCUT2D eigenvalue weighted by molar-refractivity contribution is -0.118. The Labute approximate surface area is 124 Å². The van der Waals surface area contributed by atoms with Crippen LogP contribution in [-0.4, -0.2) is 22.7 Å². The van der Waals surface area contributed by atoms with Gasteiger partial charge in [-0.15, -0.1) is 10.2 Å². The highest BCUT2D eigenvalue weighted by molar-refractivity contribution is 7.15. The minimum Gasteiger partial charge on any atom is -0.481 e. The maximum absolute atomic E-state index is 13.3. The van der Waals surface area contributed by atoms with Gasteiger partial charge < -0.3 is 4.74 Å². The number of halogens is 2. The molecule has 1 aromatic carbocycles. The summed E-state index contributed by atoms with van der Waals surface area (Å²) in [6, 6.07) is 2.87. The first kappa shape index (κ1) is 15.3. The van der Waals surface area contributed by atoms with Gasteiger partial charge in [-0.25, -0.2) is 8.78 Å². The molecule has 0 saturated carbocycles. The summed E-state index contributed by atoms with van der Waals surface area (Å²) in [4.78, 5) is 11.6. The average Bonchev–Trinajstić information content (AvgIpc) is 2.85. The number of anilines is 1. The van der Waals surface area contributed by atoms with Crippen LogP contribution in [0.1, 0.15) is 18.4 Å². The molecule has 0 aliphatic rings. The topological polar surface area (TPSA) is 64.1 Å². The summed E-state index contributed by atoms with van der Waals surface area (Å²) in [5.74, 6) is -2.24. The van der Waals surface area contributed by atoms with E-state index in [4.69, 9.17) is 4.74 Å². The van der Waals surface area contributed by atoms with Crippen molar-refractivity contribution in [2.75, 3.05) is 11.9 Å². The lowest BCUT2D eigenvalue weighted by Gasteiger charge is -2.06. The van der Waals surface area contributed by atoms with Gasteiger partial charge in [0, 0.05) is 12.5 Å². The molecule has 8 heteroatoms. The Balaban J connectivity index is 1.86. The molecule has 21 heavy (non-hydrogen) atoms. The Bertz CT molecular complexity index is 634. The first-order valence-corrected chi connectivity index (χ1v) is 7.10. The monoisotopic (exact) mass is 313 g/mol. The summed E-state index contributed by atoms with van der Waals surface area (Å²) in [5.41, 5.74) is 0. The molecule has 0 aliphatic heterocycles. The van der Waals surface area contributed by atoms with Crippen molar-refractivity contribution >= 4 is 22.4 Å². The van der Waals surface area contributed by atoms with Crippen LogP contribution in [0.2, 0.25) is 0 Å². The molecule has 0 radical (unpaired) electrons. The van der Waals surface area contributed by atoms with Crippen molar-refractivity contribution in [2.24, 2.45) is 0 Å². The molecular weight excluding hydrogens is 300 g/mol. The number of aryl methyl sites for hydroxylation is 1. The number of nitrogens with zero attached hydrogens (tertiary/aromatic N) is 2. The smallest absolute Gasteiger partial charge is 0.264 e. The number of carbonyl (C=O) groups is 1. The highest BCUT2D eigenvalue weighted by atomic mass is 32.1. The molecule has 0 bridgehead atoms. The van der Waals surface area contributed by atoms with E-state index in [1.54, 1.807) is 0 Å². The van der Waals surface area contributed by atoms with Crippen molar-refractivity contribution in [1.29, 1.82) is 0 Å². The van der Waals surface area contributed by atoms with Crippen LogP contribution in [0, 0.1) is 11.6 Å². The summed E-state index contributed by atoms with van der Waals surface area (Å²) in [7, 11) is 0. The van der Waals surface area contributed by atoms with Crippen molar-refractivity contribution in [3.05, 3.63) is 34.8 Å². The van der Waals surface area contributed by atoms with Gasteiger partial charge >= 0.3 is 0 Å². The van der Waals surface area contributed by atoms with E-state index in [9.17, 15) is 13.6 Å². The highest BCUT2D eigenvalue weighted by Gasteiger charge is 2.10. The number of aromatic nitrogens is 2. The Morgan fingerprint density at radius 3 is 2.90 bits per heavy atom. The van der Waals surface area contributed by atoms with Gasteiger partial charge in [-0.3, -0.25) is 10.1 Å². The van der Waals surface area contributed by atoms with Crippen LogP contribution < -0.4 is 10.1 Å². The van der Waals surface area contributed by atoms with Gasteiger partial charge in [-0.05, 0) is 18.6 Å². The van der Waals surface area contributed by atoms with Crippen LogP contribution in [0.3, 0.4) is 0 Å². The first-order chi connectivity index (χ1) is 10.1. The van der Waals surface area contributed by atoms with E-state index in [0.717, 1.165) is 30.0 Å². The van der Waals surface area contributed by atoms with E-state index in [2.05, 4.69) is 15.5 Å². The Morgan fingerprint density at radius 2 is 2.19 bits per heavy atom. The predicted octanol–water partition coefficient (Wildman–Crippen LogP) is 2.79. The van der Waals surface area contributed by atoms with E-state index in [1.165, 1.54) is 11.3 Å². The molecule has 0 saturated heterocycles. The van der Waals surface area contributed by atoms with E-state index in [1.807, 2.05) is 6.92 Å². The van der Waals surface area contributed by atoms with Gasteiger partial charge in [-0.1, -0.05) is 18.3 Å². The van der Waals surface area contributed by atoms with Crippen LogP contribution in [0.4, 0.5) is 13.9 Å². The van der Waals surface area contributed by atoms with Crippen LogP contribution in [0.15, 0.2) is 18.2 Å². The number of benzene rings is 1. The molecular formula is C13H13F2N3O2S. The lowest BCUT2D eigenvalue weighted by Crippen LogP contribution is -2.20. The third-order valence-corrected chi connectivity index (χ3v) is 3.33. The van der Waals surface area contributed by atoms with Gasteiger partial charge in [0.15, 0.2) is 18.2 Å². The highest BCUT2D eigenvalue weighted by Crippen LogP contribution is 2.18. The maximum atomic E-state index is 13.3. The molecule has 5 nitrogen and oxygen atoms in total. The minimum atomic E-state index is -0.857. The summed E-state index contributed by atoms with van der Waals surface area (Å²) < 4.78 is 31.0. The third-order valence-electron chi connectivity index (χ3n) is 2.43. The molecule has 0 atom stereocenters. The lowest BCUT2D eigenvalue weighted by atomic mass is 10.3. The molecule has 1 heterocycles. The minimum absolute atomic E-state index is 0.185. The molecule has 2 aromatic rings. The predicted molar refractivity (Wildman–Crippen MR) is 74.4 cm³/mol. The van der Waals surface area contributed by atoms with Gasteiger partial charge in [-0.2, -0.15) is 0 Å². The number of nitrogens with one attached hydrogen (secondary N) is 1. The molecule has 2 rings (SSSR count). The normalized spacial score (nSPS) is 10.4. The summed E-state index contributed by atoms with van der Waals surface area (Å²) in [5, 5.41) is 11.4. The maximum Gasteiger partial charge on any atom is 0.264 e. The number of rotatable bonds is 6. The fourth-order valence-electron chi connectivity index (χ4n) is 1.51. The van der Waals surface area contributed by atoms with Crippen LogP contribution in [0.25, 0.3) is 0 Å². The number of ether oxygens (including phenoxy) is 1. The molecule has 0 fully saturated rings. The summed E-state index contributed by atoms with van der Waals surface area (Å²) in [6.45, 7) is 1.62. The van der Waals surface area contributed by atoms with Crippen molar-refractivity contribution < 1.29 is 18.3 Å². The Hall–Kier alpha value is -2.09. The van der Waals surface area contributed by atoms with Gasteiger partial charge in [0.25, 0.3) is 5.91 Å². The zero-order chi connectivity index (χ0) is 15.2. The fourth-order valence-corrected chi connectivity index (χ4v) is 2.37. The van der Waals surface area contributed by atoms with Crippen LogP contribution >= 0.6 is 11.3 Å². The molecule has 0 spiro atoms. The standard InChI is InChI=1S/C13H13F2N3O2S/c1-2-3-12-17-18-13(21-12)16-11(19)7-20-10-5-4-8(14)6-9(10)15/h4-6H,2-3,7H2,1H3,(H,16,18,19). The molecule has 0 unspecified atom stereocenters. The zero-order valence-corrected chi connectivity index (χ0v) is 12.0. The van der Waals surface area contributed by atoms with E-state index in [0.29, 0.717) is 11.2 Å². The van der Waals surface area contributed by atoms with E-state index in [-0.39, 0.29) is 5.75 Å². The van der Waals surface area contributed by atoms with Crippen molar-refractivity contribution in [3.8, 4) is 5.75 Å². The van der Waals surface area contributed by atoms with Gasteiger partial charge in [0.1, 0.15) is 10.8 Å². The van der Waals surface area contributed by atoms with Crippen molar-refractivity contribution in [3.63, 3.8) is 0 Å². The molecule has 1 aromatic heterocycles. The number of hydrogen-bond acceptors (Lipinski definition) is 5. The number of amides is 1. The first-order valence-electron chi connectivity index (χ1n) is 6.28. The molecule has 0 aliphatic carbocycles. The molecule has 1 amide bonds. The second kappa shape index (κ2) is 7.07. The van der Waals surface area contributed by atoms with Crippen molar-refractivity contribution in [1.82, 2.24) is 10.2 Å². The second-order valence-corrected chi connectivity index (χ2v) is 5.22. The quantitative estimate of drug-likeness (QED) is 0.890. The third kappa shape index (κ3) is 4.45. The SMILES string of the molecule is CCCc1nnc(NC(=O)COc2ccc(F)cc2F)s1.